The fraction of sp³-hybridized carbons (Fsp3) is 0.600. The van der Waals surface area contributed by atoms with E-state index in [1.54, 1.807) is 11.3 Å². The van der Waals surface area contributed by atoms with Crippen LogP contribution in [0.3, 0.4) is 0 Å². The molecule has 1 aliphatic carbocycles. The molecular formula is C10H13NOS. The monoisotopic (exact) mass is 195 g/mol. The summed E-state index contributed by atoms with van der Waals surface area (Å²) in [5.41, 5.74) is 0. The Labute approximate surface area is 82.0 Å². The van der Waals surface area contributed by atoms with Crippen molar-refractivity contribution in [1.29, 1.82) is 0 Å². The quantitative estimate of drug-likeness (QED) is 0.689. The van der Waals surface area contributed by atoms with Gasteiger partial charge in [0.25, 0.3) is 0 Å². The zero-order valence-corrected chi connectivity index (χ0v) is 8.51. The van der Waals surface area contributed by atoms with E-state index in [9.17, 15) is 4.79 Å². The van der Waals surface area contributed by atoms with E-state index in [-0.39, 0.29) is 0 Å². The van der Waals surface area contributed by atoms with E-state index in [1.165, 1.54) is 0 Å². The molecule has 13 heavy (non-hydrogen) atoms. The molecule has 70 valence electrons. The number of ketones is 1. The van der Waals surface area contributed by atoms with Crippen LogP contribution in [0.1, 0.15) is 37.1 Å². The summed E-state index contributed by atoms with van der Waals surface area (Å²) < 4.78 is 0. The lowest BCUT2D eigenvalue weighted by molar-refractivity contribution is -0.121. The zero-order chi connectivity index (χ0) is 9.26. The molecule has 1 aliphatic rings. The molecule has 0 aromatic carbocycles. The molecule has 1 saturated carbocycles. The summed E-state index contributed by atoms with van der Waals surface area (Å²) >= 11 is 1.67. The third kappa shape index (κ3) is 1.80. The van der Waals surface area contributed by atoms with E-state index in [1.807, 2.05) is 11.6 Å². The van der Waals surface area contributed by atoms with Crippen LogP contribution in [0.25, 0.3) is 0 Å². The number of hydrogen-bond acceptors (Lipinski definition) is 3. The van der Waals surface area contributed by atoms with Gasteiger partial charge in [-0.1, -0.05) is 6.92 Å². The van der Waals surface area contributed by atoms with E-state index in [0.29, 0.717) is 24.0 Å². The molecule has 0 saturated heterocycles. The minimum Gasteiger partial charge on any atom is -0.300 e. The summed E-state index contributed by atoms with van der Waals surface area (Å²) in [6.45, 7) is 2.22. The Hall–Kier alpha value is -0.700. The summed E-state index contributed by atoms with van der Waals surface area (Å²) in [7, 11) is 0. The van der Waals surface area contributed by atoms with E-state index in [2.05, 4.69) is 11.9 Å². The van der Waals surface area contributed by atoms with Crippen LogP contribution in [0.5, 0.6) is 0 Å². The van der Waals surface area contributed by atoms with Gasteiger partial charge in [0, 0.05) is 30.3 Å². The minimum absolute atomic E-state index is 0.390. The van der Waals surface area contributed by atoms with Crippen LogP contribution in [-0.4, -0.2) is 10.8 Å². The number of nitrogens with zero attached hydrogens (tertiary/aromatic N) is 1. The van der Waals surface area contributed by atoms with Crippen molar-refractivity contribution in [3.63, 3.8) is 0 Å². The Kier molecular flexibility index (Phi) is 2.44. The molecule has 2 atom stereocenters. The molecule has 0 bridgehead atoms. The smallest absolute Gasteiger partial charge is 0.133 e. The molecule has 1 aromatic heterocycles. The molecule has 0 aliphatic heterocycles. The fourth-order valence-electron chi connectivity index (χ4n) is 1.89. The largest absolute Gasteiger partial charge is 0.300 e. The van der Waals surface area contributed by atoms with Crippen LogP contribution in [0.2, 0.25) is 0 Å². The SMILES string of the molecule is CC1CCC(=O)CC1c1nccs1. The maximum Gasteiger partial charge on any atom is 0.133 e. The summed E-state index contributed by atoms with van der Waals surface area (Å²) in [6, 6.07) is 0. The van der Waals surface area contributed by atoms with Crippen molar-refractivity contribution in [3.05, 3.63) is 16.6 Å². The number of carbonyl (C=O) groups excluding carboxylic acids is 1. The molecule has 0 N–H and O–H groups in total. The first-order valence-corrected chi connectivity index (χ1v) is 5.56. The van der Waals surface area contributed by atoms with Crippen molar-refractivity contribution in [1.82, 2.24) is 4.98 Å². The highest BCUT2D eigenvalue weighted by molar-refractivity contribution is 7.09. The van der Waals surface area contributed by atoms with Crippen molar-refractivity contribution in [2.24, 2.45) is 5.92 Å². The number of thiazole rings is 1. The third-order valence-electron chi connectivity index (χ3n) is 2.78. The van der Waals surface area contributed by atoms with E-state index in [0.717, 1.165) is 17.8 Å². The third-order valence-corrected chi connectivity index (χ3v) is 3.69. The molecule has 3 heteroatoms. The van der Waals surface area contributed by atoms with E-state index < -0.39 is 0 Å². The Morgan fingerprint density at radius 3 is 3.15 bits per heavy atom. The van der Waals surface area contributed by atoms with Crippen LogP contribution < -0.4 is 0 Å². The van der Waals surface area contributed by atoms with Crippen molar-refractivity contribution in [2.45, 2.75) is 32.1 Å². The second kappa shape index (κ2) is 3.58. The summed E-state index contributed by atoms with van der Waals surface area (Å²) in [5, 5.41) is 3.13. The number of carbonyl (C=O) groups is 1. The molecule has 0 amide bonds. The highest BCUT2D eigenvalue weighted by atomic mass is 32.1. The average molecular weight is 195 g/mol. The maximum absolute atomic E-state index is 11.3. The molecule has 2 unspecified atom stereocenters. The molecule has 2 rings (SSSR count). The van der Waals surface area contributed by atoms with Gasteiger partial charge in [-0.25, -0.2) is 4.98 Å². The van der Waals surface area contributed by atoms with Crippen LogP contribution in [0.4, 0.5) is 0 Å². The maximum atomic E-state index is 11.3. The number of hydrogen-bond donors (Lipinski definition) is 0. The Balaban J connectivity index is 2.17. The zero-order valence-electron chi connectivity index (χ0n) is 7.69. The van der Waals surface area contributed by atoms with Crippen molar-refractivity contribution >= 4 is 17.1 Å². The first kappa shape index (κ1) is 8.88. The molecule has 2 nitrogen and oxygen atoms in total. The fourth-order valence-corrected chi connectivity index (χ4v) is 2.76. The lowest BCUT2D eigenvalue weighted by Crippen LogP contribution is -2.21. The van der Waals surface area contributed by atoms with Gasteiger partial charge in [-0.2, -0.15) is 0 Å². The molecular weight excluding hydrogens is 182 g/mol. The second-order valence-electron chi connectivity index (χ2n) is 3.74. The van der Waals surface area contributed by atoms with Gasteiger partial charge in [0.15, 0.2) is 0 Å². The standard InChI is InChI=1S/C10H13NOS/c1-7-2-3-8(12)6-9(7)10-11-4-5-13-10/h4-5,7,9H,2-3,6H2,1H3. The Bertz CT molecular complexity index is 294. The topological polar surface area (TPSA) is 30.0 Å². The minimum atomic E-state index is 0.390. The molecule has 1 aromatic rings. The van der Waals surface area contributed by atoms with Crippen molar-refractivity contribution in [3.8, 4) is 0 Å². The highest BCUT2D eigenvalue weighted by Gasteiger charge is 2.28. The van der Waals surface area contributed by atoms with E-state index >= 15 is 0 Å². The van der Waals surface area contributed by atoms with Gasteiger partial charge in [-0.05, 0) is 12.3 Å². The van der Waals surface area contributed by atoms with E-state index in [4.69, 9.17) is 0 Å². The predicted molar refractivity (Wildman–Crippen MR) is 52.9 cm³/mol. The summed E-state index contributed by atoms with van der Waals surface area (Å²) in [4.78, 5) is 15.6. The molecule has 0 spiro atoms. The van der Waals surface area contributed by atoms with Crippen molar-refractivity contribution in [2.75, 3.05) is 0 Å². The number of Topliss-reactive ketones (excluding diaryl/α,β-unsaturated/α-hetero) is 1. The van der Waals surface area contributed by atoms with Crippen LogP contribution in [0.15, 0.2) is 11.6 Å². The average Bonchev–Trinajstić information content (AvgIpc) is 2.61. The van der Waals surface area contributed by atoms with Gasteiger partial charge >= 0.3 is 0 Å². The molecule has 1 fully saturated rings. The molecule has 0 radical (unpaired) electrons. The van der Waals surface area contributed by atoms with Gasteiger partial charge in [-0.15, -0.1) is 11.3 Å². The summed E-state index contributed by atoms with van der Waals surface area (Å²) in [5.74, 6) is 1.41. The van der Waals surface area contributed by atoms with Crippen LogP contribution in [-0.2, 0) is 4.79 Å². The summed E-state index contributed by atoms with van der Waals surface area (Å²) in [6.07, 6.45) is 4.33. The predicted octanol–water partition coefficient (Wildman–Crippen LogP) is 2.62. The Morgan fingerprint density at radius 1 is 1.62 bits per heavy atom. The van der Waals surface area contributed by atoms with Gasteiger partial charge in [0.1, 0.15) is 5.78 Å². The first-order valence-electron chi connectivity index (χ1n) is 4.68. The van der Waals surface area contributed by atoms with Gasteiger partial charge in [0.2, 0.25) is 0 Å². The van der Waals surface area contributed by atoms with Gasteiger partial charge < -0.3 is 0 Å². The first-order chi connectivity index (χ1) is 6.27. The van der Waals surface area contributed by atoms with Crippen LogP contribution >= 0.6 is 11.3 Å². The Morgan fingerprint density at radius 2 is 2.46 bits per heavy atom. The number of rotatable bonds is 1. The highest BCUT2D eigenvalue weighted by Crippen LogP contribution is 2.36. The normalized spacial score (nSPS) is 29.2. The second-order valence-corrected chi connectivity index (χ2v) is 4.66. The number of aromatic nitrogens is 1. The lowest BCUT2D eigenvalue weighted by atomic mass is 9.80. The van der Waals surface area contributed by atoms with Crippen LogP contribution in [0, 0.1) is 5.92 Å². The van der Waals surface area contributed by atoms with Gasteiger partial charge in [-0.3, -0.25) is 4.79 Å². The molecule has 1 heterocycles. The van der Waals surface area contributed by atoms with Gasteiger partial charge in [0.05, 0.1) is 5.01 Å². The van der Waals surface area contributed by atoms with Crippen molar-refractivity contribution < 1.29 is 4.79 Å². The lowest BCUT2D eigenvalue weighted by Gasteiger charge is -2.25.